The van der Waals surface area contributed by atoms with Gasteiger partial charge in [-0.05, 0) is 18.4 Å². The summed E-state index contributed by atoms with van der Waals surface area (Å²) >= 11 is 5.71. The standard InChI is InChI=1S/C15H19ClFNO4/c1-4-22-12-6-10(17)9(16)5-11(12)18-13(19)7-15(2,3)8-14(20)21/h5-6H,4,7-8H2,1-3H3,(H,18,19)(H,20,21). The van der Waals surface area contributed by atoms with Crippen molar-refractivity contribution in [3.63, 3.8) is 0 Å². The first-order valence-corrected chi connectivity index (χ1v) is 7.16. The van der Waals surface area contributed by atoms with Crippen LogP contribution in [0.3, 0.4) is 0 Å². The van der Waals surface area contributed by atoms with E-state index in [1.165, 1.54) is 6.07 Å². The van der Waals surface area contributed by atoms with Crippen molar-refractivity contribution in [2.45, 2.75) is 33.6 Å². The van der Waals surface area contributed by atoms with Gasteiger partial charge in [0.2, 0.25) is 5.91 Å². The highest BCUT2D eigenvalue weighted by molar-refractivity contribution is 6.31. The first kappa shape index (κ1) is 18.2. The molecular formula is C15H19ClFNO4. The van der Waals surface area contributed by atoms with E-state index in [9.17, 15) is 14.0 Å². The van der Waals surface area contributed by atoms with Crippen LogP contribution in [-0.4, -0.2) is 23.6 Å². The van der Waals surface area contributed by atoms with E-state index in [0.717, 1.165) is 6.07 Å². The Bertz CT molecular complexity index is 575. The summed E-state index contributed by atoms with van der Waals surface area (Å²) in [5, 5.41) is 11.3. The number of carboxylic acids is 1. The number of ether oxygens (including phenoxy) is 1. The van der Waals surface area contributed by atoms with E-state index in [-0.39, 0.29) is 29.3 Å². The third kappa shape index (κ3) is 5.52. The Hall–Kier alpha value is -1.82. The van der Waals surface area contributed by atoms with E-state index in [4.69, 9.17) is 21.4 Å². The quantitative estimate of drug-likeness (QED) is 0.798. The molecule has 5 nitrogen and oxygen atoms in total. The fourth-order valence-corrected chi connectivity index (χ4v) is 2.17. The van der Waals surface area contributed by atoms with Crippen molar-refractivity contribution < 1.29 is 23.8 Å². The molecule has 1 aromatic rings. The summed E-state index contributed by atoms with van der Waals surface area (Å²) in [4.78, 5) is 22.8. The molecule has 0 aliphatic carbocycles. The zero-order valence-corrected chi connectivity index (χ0v) is 13.5. The van der Waals surface area contributed by atoms with Gasteiger partial charge in [-0.2, -0.15) is 0 Å². The Balaban J connectivity index is 2.87. The number of nitrogens with one attached hydrogen (secondary N) is 1. The van der Waals surface area contributed by atoms with Crippen LogP contribution in [0.15, 0.2) is 12.1 Å². The SMILES string of the molecule is CCOc1cc(F)c(Cl)cc1NC(=O)CC(C)(C)CC(=O)O. The average Bonchev–Trinajstić information content (AvgIpc) is 2.33. The Kier molecular flexibility index (Phi) is 6.17. The van der Waals surface area contributed by atoms with Crippen LogP contribution in [0.25, 0.3) is 0 Å². The largest absolute Gasteiger partial charge is 0.492 e. The third-order valence-electron chi connectivity index (χ3n) is 2.87. The predicted octanol–water partition coefficient (Wildman–Crippen LogP) is 3.71. The van der Waals surface area contributed by atoms with E-state index in [2.05, 4.69) is 5.32 Å². The van der Waals surface area contributed by atoms with Crippen molar-refractivity contribution in [1.29, 1.82) is 0 Å². The van der Waals surface area contributed by atoms with E-state index in [1.54, 1.807) is 20.8 Å². The molecule has 1 amide bonds. The van der Waals surface area contributed by atoms with Gasteiger partial charge in [-0.25, -0.2) is 4.39 Å². The molecular weight excluding hydrogens is 313 g/mol. The number of anilines is 1. The smallest absolute Gasteiger partial charge is 0.303 e. The monoisotopic (exact) mass is 331 g/mol. The fourth-order valence-electron chi connectivity index (χ4n) is 2.00. The normalized spacial score (nSPS) is 11.1. The van der Waals surface area contributed by atoms with E-state index < -0.39 is 23.1 Å². The predicted molar refractivity (Wildman–Crippen MR) is 81.9 cm³/mol. The molecule has 0 atom stereocenters. The molecule has 1 aromatic carbocycles. The molecule has 0 aliphatic rings. The number of amides is 1. The molecule has 0 spiro atoms. The Morgan fingerprint density at radius 2 is 2.00 bits per heavy atom. The minimum atomic E-state index is -0.974. The molecule has 0 saturated heterocycles. The lowest BCUT2D eigenvalue weighted by Crippen LogP contribution is -2.25. The minimum Gasteiger partial charge on any atom is -0.492 e. The van der Waals surface area contributed by atoms with Crippen molar-refractivity contribution in [2.75, 3.05) is 11.9 Å². The first-order chi connectivity index (χ1) is 10.1. The number of benzene rings is 1. The van der Waals surface area contributed by atoms with Gasteiger partial charge >= 0.3 is 5.97 Å². The molecule has 0 aromatic heterocycles. The van der Waals surface area contributed by atoms with Crippen LogP contribution < -0.4 is 10.1 Å². The topological polar surface area (TPSA) is 75.6 Å². The van der Waals surface area contributed by atoms with Gasteiger partial charge in [0.15, 0.2) is 0 Å². The summed E-state index contributed by atoms with van der Waals surface area (Å²) in [7, 11) is 0. The molecule has 0 radical (unpaired) electrons. The summed E-state index contributed by atoms with van der Waals surface area (Å²) in [6.07, 6.45) is -0.136. The zero-order valence-electron chi connectivity index (χ0n) is 12.7. The Morgan fingerprint density at radius 1 is 1.36 bits per heavy atom. The number of hydrogen-bond donors (Lipinski definition) is 2. The molecule has 0 bridgehead atoms. The second-order valence-electron chi connectivity index (χ2n) is 5.66. The number of carbonyl (C=O) groups is 2. The van der Waals surface area contributed by atoms with Gasteiger partial charge in [0, 0.05) is 12.5 Å². The Labute approximate surface area is 133 Å². The number of halogens is 2. The molecule has 0 aliphatic heterocycles. The maximum Gasteiger partial charge on any atom is 0.303 e. The van der Waals surface area contributed by atoms with Crippen molar-refractivity contribution in [3.8, 4) is 5.75 Å². The van der Waals surface area contributed by atoms with Gasteiger partial charge in [0.1, 0.15) is 11.6 Å². The molecule has 0 heterocycles. The summed E-state index contributed by atoms with van der Waals surface area (Å²) in [5.41, 5.74) is -0.449. The second-order valence-corrected chi connectivity index (χ2v) is 6.06. The lowest BCUT2D eigenvalue weighted by Gasteiger charge is -2.22. The number of aliphatic carboxylic acids is 1. The van der Waals surface area contributed by atoms with Crippen molar-refractivity contribution in [3.05, 3.63) is 23.0 Å². The van der Waals surface area contributed by atoms with Crippen LogP contribution in [0.2, 0.25) is 5.02 Å². The second kappa shape index (κ2) is 7.45. The van der Waals surface area contributed by atoms with E-state index in [1.807, 2.05) is 0 Å². The molecule has 2 N–H and O–H groups in total. The molecule has 0 fully saturated rings. The van der Waals surface area contributed by atoms with Crippen molar-refractivity contribution >= 4 is 29.2 Å². The number of rotatable bonds is 7. The van der Waals surface area contributed by atoms with Crippen LogP contribution in [0.4, 0.5) is 10.1 Å². The highest BCUT2D eigenvalue weighted by Gasteiger charge is 2.25. The lowest BCUT2D eigenvalue weighted by molar-refractivity contribution is -0.139. The zero-order chi connectivity index (χ0) is 16.9. The van der Waals surface area contributed by atoms with Crippen LogP contribution in [0, 0.1) is 11.2 Å². The number of carbonyl (C=O) groups excluding carboxylic acids is 1. The summed E-state index contributed by atoms with van der Waals surface area (Å²) in [6.45, 7) is 5.39. The van der Waals surface area contributed by atoms with Gasteiger partial charge in [-0.3, -0.25) is 9.59 Å². The van der Waals surface area contributed by atoms with Gasteiger partial charge in [0.25, 0.3) is 0 Å². The third-order valence-corrected chi connectivity index (χ3v) is 3.15. The highest BCUT2D eigenvalue weighted by atomic mass is 35.5. The van der Waals surface area contributed by atoms with Crippen LogP contribution in [-0.2, 0) is 9.59 Å². The van der Waals surface area contributed by atoms with Gasteiger partial charge in [-0.15, -0.1) is 0 Å². The maximum atomic E-state index is 13.4. The van der Waals surface area contributed by atoms with Crippen LogP contribution in [0.5, 0.6) is 5.75 Å². The number of hydrogen-bond acceptors (Lipinski definition) is 3. The molecule has 7 heteroatoms. The van der Waals surface area contributed by atoms with E-state index in [0.29, 0.717) is 6.61 Å². The van der Waals surface area contributed by atoms with Gasteiger partial charge in [0.05, 0.1) is 23.7 Å². The summed E-state index contributed by atoms with van der Waals surface area (Å²) < 4.78 is 18.7. The Morgan fingerprint density at radius 3 is 2.55 bits per heavy atom. The molecule has 1 rings (SSSR count). The van der Waals surface area contributed by atoms with Crippen LogP contribution >= 0.6 is 11.6 Å². The van der Waals surface area contributed by atoms with Crippen molar-refractivity contribution in [2.24, 2.45) is 5.41 Å². The maximum absolute atomic E-state index is 13.4. The minimum absolute atomic E-state index is 0.000138. The number of carboxylic acid groups (broad SMARTS) is 1. The molecule has 22 heavy (non-hydrogen) atoms. The lowest BCUT2D eigenvalue weighted by atomic mass is 9.85. The van der Waals surface area contributed by atoms with Crippen molar-refractivity contribution in [1.82, 2.24) is 0 Å². The fraction of sp³-hybridized carbons (Fsp3) is 0.467. The van der Waals surface area contributed by atoms with Gasteiger partial charge < -0.3 is 15.2 Å². The average molecular weight is 332 g/mol. The molecule has 0 unspecified atom stereocenters. The van der Waals surface area contributed by atoms with E-state index >= 15 is 0 Å². The van der Waals surface area contributed by atoms with Gasteiger partial charge in [-0.1, -0.05) is 25.4 Å². The highest BCUT2D eigenvalue weighted by Crippen LogP contribution is 2.32. The summed E-state index contributed by atoms with van der Waals surface area (Å²) in [6, 6.07) is 2.37. The summed E-state index contributed by atoms with van der Waals surface area (Å²) in [5.74, 6) is -1.84. The molecule has 122 valence electrons. The first-order valence-electron chi connectivity index (χ1n) is 6.78. The molecule has 0 saturated carbocycles. The van der Waals surface area contributed by atoms with Crippen LogP contribution in [0.1, 0.15) is 33.6 Å².